The summed E-state index contributed by atoms with van der Waals surface area (Å²) >= 11 is 0. The Morgan fingerprint density at radius 1 is 0.600 bits per heavy atom. The highest BCUT2D eigenvalue weighted by atomic mass is 16.1. The molecular formula is C19H38N4O2. The molecule has 0 radical (unpaired) electrons. The van der Waals surface area contributed by atoms with E-state index < -0.39 is 0 Å². The molecule has 1 heterocycles. The van der Waals surface area contributed by atoms with E-state index in [4.69, 9.17) is 0 Å². The molecule has 0 aliphatic carbocycles. The van der Waals surface area contributed by atoms with Crippen LogP contribution in [0.25, 0.3) is 0 Å². The first-order valence-corrected chi connectivity index (χ1v) is 10.00. The van der Waals surface area contributed by atoms with Crippen molar-refractivity contribution in [3.63, 3.8) is 0 Å². The minimum absolute atomic E-state index is 0.484. The van der Waals surface area contributed by atoms with Gasteiger partial charge < -0.3 is 19.4 Å². The number of aldehydes is 2. The highest BCUT2D eigenvalue weighted by molar-refractivity contribution is 5.52. The van der Waals surface area contributed by atoms with E-state index in [1.807, 2.05) is 0 Å². The summed E-state index contributed by atoms with van der Waals surface area (Å²) in [4.78, 5) is 31.5. The summed E-state index contributed by atoms with van der Waals surface area (Å²) in [5, 5.41) is 0. The minimum Gasteiger partial charge on any atom is -0.302 e. The van der Waals surface area contributed by atoms with Crippen LogP contribution in [0.1, 0.15) is 33.1 Å². The molecule has 0 aromatic carbocycles. The quantitative estimate of drug-likeness (QED) is 0.571. The molecule has 0 aromatic rings. The normalized spacial score (nSPS) is 20.7. The molecule has 0 N–H and O–H groups in total. The van der Waals surface area contributed by atoms with Crippen molar-refractivity contribution in [2.24, 2.45) is 0 Å². The third kappa shape index (κ3) is 10.0. The van der Waals surface area contributed by atoms with Crippen LogP contribution in [0.15, 0.2) is 0 Å². The molecular weight excluding hydrogens is 316 g/mol. The molecule has 0 aromatic heterocycles. The van der Waals surface area contributed by atoms with Crippen molar-refractivity contribution in [1.82, 2.24) is 19.6 Å². The van der Waals surface area contributed by atoms with Crippen LogP contribution in [-0.4, -0.2) is 111 Å². The zero-order chi connectivity index (χ0) is 18.3. The van der Waals surface area contributed by atoms with Gasteiger partial charge in [-0.15, -0.1) is 0 Å². The maximum Gasteiger partial charge on any atom is 0.133 e. The zero-order valence-electron chi connectivity index (χ0n) is 16.4. The molecule has 0 bridgehead atoms. The van der Waals surface area contributed by atoms with E-state index in [-0.39, 0.29) is 0 Å². The van der Waals surface area contributed by atoms with Gasteiger partial charge in [-0.1, -0.05) is 20.3 Å². The third-order valence-corrected chi connectivity index (χ3v) is 4.96. The number of carbonyl (C=O) groups excluding carboxylic acids is 2. The second-order valence-corrected chi connectivity index (χ2v) is 6.97. The van der Waals surface area contributed by atoms with Gasteiger partial charge in [0.15, 0.2) is 0 Å². The van der Waals surface area contributed by atoms with Crippen LogP contribution in [0.3, 0.4) is 0 Å². The van der Waals surface area contributed by atoms with E-state index >= 15 is 0 Å². The summed E-state index contributed by atoms with van der Waals surface area (Å²) in [6.45, 7) is 15.4. The van der Waals surface area contributed by atoms with Crippen LogP contribution in [0, 0.1) is 0 Å². The Morgan fingerprint density at radius 3 is 1.36 bits per heavy atom. The molecule has 0 spiro atoms. The maximum absolute atomic E-state index is 11.0. The molecule has 0 unspecified atom stereocenters. The van der Waals surface area contributed by atoms with Gasteiger partial charge in [0.05, 0.1) is 13.1 Å². The first-order chi connectivity index (χ1) is 12.2. The highest BCUT2D eigenvalue weighted by Crippen LogP contribution is 2.02. The number of hydrogen-bond acceptors (Lipinski definition) is 6. The van der Waals surface area contributed by atoms with Crippen LogP contribution in [0.5, 0.6) is 0 Å². The van der Waals surface area contributed by atoms with E-state index in [2.05, 4.69) is 33.4 Å². The van der Waals surface area contributed by atoms with Gasteiger partial charge in [-0.3, -0.25) is 9.80 Å². The van der Waals surface area contributed by atoms with E-state index in [0.717, 1.165) is 84.4 Å². The van der Waals surface area contributed by atoms with Crippen molar-refractivity contribution in [2.75, 3.05) is 78.5 Å². The van der Waals surface area contributed by atoms with Crippen molar-refractivity contribution < 1.29 is 9.59 Å². The second kappa shape index (κ2) is 14.4. The number of nitrogens with zero attached hydrogens (tertiary/aromatic N) is 4. The first-order valence-electron chi connectivity index (χ1n) is 10.00. The van der Waals surface area contributed by atoms with Crippen molar-refractivity contribution in [3.8, 4) is 0 Å². The van der Waals surface area contributed by atoms with Crippen molar-refractivity contribution >= 4 is 12.6 Å². The summed E-state index contributed by atoms with van der Waals surface area (Å²) in [6, 6.07) is 0. The van der Waals surface area contributed by atoms with Crippen molar-refractivity contribution in [1.29, 1.82) is 0 Å². The summed E-state index contributed by atoms with van der Waals surface area (Å²) in [7, 11) is 0. The SMILES string of the molecule is CCCCN1CCN(CC=O)CCN(CC=O)CCN(CCC)CC1. The molecule has 146 valence electrons. The van der Waals surface area contributed by atoms with Gasteiger partial charge >= 0.3 is 0 Å². The van der Waals surface area contributed by atoms with E-state index in [9.17, 15) is 9.59 Å². The standard InChI is InChI=1S/C19H38N4O2/c1-3-5-7-21-10-8-20(6-4-2)9-12-22(16-18-24)14-15-23(13-11-21)17-19-25/h18-19H,3-17H2,1-2H3. The fourth-order valence-corrected chi connectivity index (χ4v) is 3.30. The molecule has 6 nitrogen and oxygen atoms in total. The molecule has 0 saturated carbocycles. The lowest BCUT2D eigenvalue weighted by molar-refractivity contribution is -0.110. The maximum atomic E-state index is 11.0. The Hall–Kier alpha value is -0.820. The molecule has 1 aliphatic rings. The van der Waals surface area contributed by atoms with Crippen LogP contribution >= 0.6 is 0 Å². The summed E-state index contributed by atoms with van der Waals surface area (Å²) in [6.07, 6.45) is 5.60. The predicted octanol–water partition coefficient (Wildman–Crippen LogP) is 0.816. The monoisotopic (exact) mass is 354 g/mol. The average molecular weight is 355 g/mol. The third-order valence-electron chi connectivity index (χ3n) is 4.96. The molecule has 0 atom stereocenters. The van der Waals surface area contributed by atoms with Gasteiger partial charge in [-0.25, -0.2) is 0 Å². The molecule has 6 heteroatoms. The van der Waals surface area contributed by atoms with E-state index in [0.29, 0.717) is 13.1 Å². The van der Waals surface area contributed by atoms with Gasteiger partial charge in [0, 0.05) is 52.4 Å². The predicted molar refractivity (Wildman–Crippen MR) is 103 cm³/mol. The van der Waals surface area contributed by atoms with Gasteiger partial charge in [-0.2, -0.15) is 0 Å². The summed E-state index contributed by atoms with van der Waals surface area (Å²) in [5.41, 5.74) is 0. The van der Waals surface area contributed by atoms with Crippen LogP contribution in [0.4, 0.5) is 0 Å². The Balaban J connectivity index is 2.72. The molecule has 0 amide bonds. The summed E-state index contributed by atoms with van der Waals surface area (Å²) < 4.78 is 0. The minimum atomic E-state index is 0.484. The van der Waals surface area contributed by atoms with Crippen LogP contribution < -0.4 is 0 Å². The molecule has 1 rings (SSSR count). The largest absolute Gasteiger partial charge is 0.302 e. The Kier molecular flexibility index (Phi) is 12.8. The number of carbonyl (C=O) groups is 2. The van der Waals surface area contributed by atoms with Gasteiger partial charge in [0.1, 0.15) is 12.6 Å². The van der Waals surface area contributed by atoms with Gasteiger partial charge in [0.2, 0.25) is 0 Å². The van der Waals surface area contributed by atoms with Crippen LogP contribution in [0.2, 0.25) is 0 Å². The molecule has 1 fully saturated rings. The number of hydrogen-bond donors (Lipinski definition) is 0. The van der Waals surface area contributed by atoms with E-state index in [1.165, 1.54) is 12.8 Å². The van der Waals surface area contributed by atoms with Gasteiger partial charge in [0.25, 0.3) is 0 Å². The van der Waals surface area contributed by atoms with Crippen molar-refractivity contribution in [2.45, 2.75) is 33.1 Å². The molecule has 1 saturated heterocycles. The first kappa shape index (κ1) is 22.2. The lowest BCUT2D eigenvalue weighted by Crippen LogP contribution is -2.46. The molecule has 25 heavy (non-hydrogen) atoms. The smallest absolute Gasteiger partial charge is 0.133 e. The topological polar surface area (TPSA) is 47.1 Å². The molecule has 1 aliphatic heterocycles. The Morgan fingerprint density at radius 2 is 1.00 bits per heavy atom. The number of unbranched alkanes of at least 4 members (excludes halogenated alkanes) is 1. The highest BCUT2D eigenvalue weighted by Gasteiger charge is 2.15. The lowest BCUT2D eigenvalue weighted by atomic mass is 10.2. The average Bonchev–Trinajstić information content (AvgIpc) is 2.61. The summed E-state index contributed by atoms with van der Waals surface area (Å²) in [5.74, 6) is 0. The fourth-order valence-electron chi connectivity index (χ4n) is 3.30. The van der Waals surface area contributed by atoms with Crippen molar-refractivity contribution in [3.05, 3.63) is 0 Å². The fraction of sp³-hybridized carbons (Fsp3) is 0.895. The Labute approximate surface area is 154 Å². The van der Waals surface area contributed by atoms with E-state index in [1.54, 1.807) is 0 Å². The van der Waals surface area contributed by atoms with Gasteiger partial charge in [-0.05, 0) is 25.9 Å². The van der Waals surface area contributed by atoms with Crippen LogP contribution in [-0.2, 0) is 9.59 Å². The zero-order valence-corrected chi connectivity index (χ0v) is 16.4. The lowest BCUT2D eigenvalue weighted by Gasteiger charge is -2.33. The second-order valence-electron chi connectivity index (χ2n) is 6.97. The number of rotatable bonds is 9. The Bertz CT molecular complexity index is 354.